The maximum absolute atomic E-state index is 13.3. The van der Waals surface area contributed by atoms with Gasteiger partial charge in [-0.05, 0) is 74.0 Å². The van der Waals surface area contributed by atoms with Crippen LogP contribution >= 0.6 is 0 Å². The third kappa shape index (κ3) is 8.40. The Hall–Kier alpha value is -1.77. The standard InChI is InChI=1S/C29H42O3.C3H8/c1-5-9-23(25(6-2)27(31)14-20(4)30)16-22-17-26-24(15-21-10-7-8-11-21)13-12-19(3)29(26)28(32)18-22;1-3-2/h12-13,21-23,25H,5-11,14-18H2,1-4H3;3H2,1-2H3. The van der Waals surface area contributed by atoms with E-state index in [4.69, 9.17) is 0 Å². The van der Waals surface area contributed by atoms with Crippen LogP contribution in [0.25, 0.3) is 0 Å². The molecule has 1 aromatic carbocycles. The molecule has 3 unspecified atom stereocenters. The minimum atomic E-state index is -0.0641. The first-order chi connectivity index (χ1) is 16.7. The molecule has 0 saturated heterocycles. The van der Waals surface area contributed by atoms with Gasteiger partial charge in [-0.1, -0.05) is 84.8 Å². The van der Waals surface area contributed by atoms with E-state index in [1.54, 1.807) is 0 Å². The quantitative estimate of drug-likeness (QED) is 0.298. The van der Waals surface area contributed by atoms with E-state index in [1.165, 1.54) is 50.2 Å². The first-order valence-corrected chi connectivity index (χ1v) is 14.4. The Bertz CT molecular complexity index is 847. The highest BCUT2D eigenvalue weighted by molar-refractivity contribution is 6.00. The number of Topliss-reactive ketones (excluding diaryl/α,β-unsaturated/α-hetero) is 3. The highest BCUT2D eigenvalue weighted by atomic mass is 16.1. The summed E-state index contributed by atoms with van der Waals surface area (Å²) >= 11 is 0. The minimum absolute atomic E-state index is 0.0440. The third-order valence-corrected chi connectivity index (χ3v) is 7.99. The van der Waals surface area contributed by atoms with Crippen molar-refractivity contribution in [2.45, 2.75) is 125 Å². The molecule has 0 spiro atoms. The highest BCUT2D eigenvalue weighted by Gasteiger charge is 2.34. The first-order valence-electron chi connectivity index (χ1n) is 14.4. The summed E-state index contributed by atoms with van der Waals surface area (Å²) in [5, 5.41) is 0. The molecule has 3 rings (SSSR count). The lowest BCUT2D eigenvalue weighted by Gasteiger charge is -2.33. The minimum Gasteiger partial charge on any atom is -0.300 e. The lowest BCUT2D eigenvalue weighted by atomic mass is 9.71. The van der Waals surface area contributed by atoms with Crippen LogP contribution in [0.2, 0.25) is 0 Å². The number of fused-ring (bicyclic) bond motifs is 1. The molecule has 196 valence electrons. The van der Waals surface area contributed by atoms with Crippen molar-refractivity contribution < 1.29 is 14.4 Å². The summed E-state index contributed by atoms with van der Waals surface area (Å²) in [5.41, 5.74) is 4.80. The van der Waals surface area contributed by atoms with Crippen molar-refractivity contribution in [3.8, 4) is 0 Å². The van der Waals surface area contributed by atoms with Crippen molar-refractivity contribution in [2.24, 2.45) is 23.7 Å². The molecule has 0 aromatic heterocycles. The number of aryl methyl sites for hydroxylation is 1. The van der Waals surface area contributed by atoms with Gasteiger partial charge >= 0.3 is 0 Å². The van der Waals surface area contributed by atoms with Crippen LogP contribution in [-0.4, -0.2) is 17.3 Å². The van der Waals surface area contributed by atoms with Crippen LogP contribution in [0.5, 0.6) is 0 Å². The van der Waals surface area contributed by atoms with E-state index in [0.29, 0.717) is 18.1 Å². The number of hydrogen-bond donors (Lipinski definition) is 0. The molecule has 2 aliphatic carbocycles. The SMILES string of the molecule is CCC.CCCC(CC1CC(=O)c2c(C)ccc(CC3CCCC3)c2C1)C(CC)C(=O)CC(C)=O. The maximum Gasteiger partial charge on any atom is 0.163 e. The van der Waals surface area contributed by atoms with E-state index >= 15 is 0 Å². The number of carbonyl (C=O) groups excluding carboxylic acids is 3. The Balaban J connectivity index is 0.00000137. The monoisotopic (exact) mass is 482 g/mol. The fraction of sp³-hybridized carbons (Fsp3) is 0.719. The summed E-state index contributed by atoms with van der Waals surface area (Å²) < 4.78 is 0. The number of carbonyl (C=O) groups is 3. The van der Waals surface area contributed by atoms with Crippen molar-refractivity contribution in [3.63, 3.8) is 0 Å². The van der Waals surface area contributed by atoms with Gasteiger partial charge in [0.25, 0.3) is 0 Å². The third-order valence-electron chi connectivity index (χ3n) is 7.99. The van der Waals surface area contributed by atoms with Crippen molar-refractivity contribution in [1.29, 1.82) is 0 Å². The fourth-order valence-corrected chi connectivity index (χ4v) is 6.52. The Morgan fingerprint density at radius 1 is 1.00 bits per heavy atom. The zero-order chi connectivity index (χ0) is 26.0. The molecule has 2 aliphatic rings. The van der Waals surface area contributed by atoms with Gasteiger partial charge in [0.2, 0.25) is 0 Å². The van der Waals surface area contributed by atoms with Crippen LogP contribution in [0.1, 0.15) is 132 Å². The number of rotatable bonds is 11. The van der Waals surface area contributed by atoms with Crippen molar-refractivity contribution in [3.05, 3.63) is 34.4 Å². The predicted octanol–water partition coefficient (Wildman–Crippen LogP) is 8.27. The topological polar surface area (TPSA) is 51.2 Å². The molecule has 0 aliphatic heterocycles. The Morgan fingerprint density at radius 3 is 2.23 bits per heavy atom. The van der Waals surface area contributed by atoms with Gasteiger partial charge in [0.1, 0.15) is 11.6 Å². The van der Waals surface area contributed by atoms with Gasteiger partial charge in [0, 0.05) is 17.9 Å². The molecule has 0 heterocycles. The van der Waals surface area contributed by atoms with Crippen LogP contribution < -0.4 is 0 Å². The van der Waals surface area contributed by atoms with Crippen molar-refractivity contribution >= 4 is 17.3 Å². The van der Waals surface area contributed by atoms with E-state index in [0.717, 1.165) is 55.6 Å². The number of hydrogen-bond acceptors (Lipinski definition) is 3. The van der Waals surface area contributed by atoms with E-state index in [1.807, 2.05) is 0 Å². The molecule has 35 heavy (non-hydrogen) atoms. The molecular formula is C32H50O3. The van der Waals surface area contributed by atoms with E-state index in [-0.39, 0.29) is 29.8 Å². The van der Waals surface area contributed by atoms with Gasteiger partial charge in [0.05, 0.1) is 6.42 Å². The largest absolute Gasteiger partial charge is 0.300 e. The van der Waals surface area contributed by atoms with Gasteiger partial charge in [-0.25, -0.2) is 0 Å². The molecule has 1 fully saturated rings. The van der Waals surface area contributed by atoms with Gasteiger partial charge in [-0.15, -0.1) is 0 Å². The first kappa shape index (κ1) is 29.5. The van der Waals surface area contributed by atoms with Crippen LogP contribution in [0, 0.1) is 30.6 Å². The van der Waals surface area contributed by atoms with Gasteiger partial charge in [-0.2, -0.15) is 0 Å². The molecular weight excluding hydrogens is 432 g/mol. The van der Waals surface area contributed by atoms with E-state index in [2.05, 4.69) is 46.8 Å². The zero-order valence-corrected chi connectivity index (χ0v) is 23.4. The lowest BCUT2D eigenvalue weighted by Crippen LogP contribution is -2.30. The average molecular weight is 483 g/mol. The summed E-state index contributed by atoms with van der Waals surface area (Å²) in [6, 6.07) is 4.42. The van der Waals surface area contributed by atoms with Crippen molar-refractivity contribution in [2.75, 3.05) is 0 Å². The Kier molecular flexibility index (Phi) is 12.4. The molecule has 0 amide bonds. The molecule has 3 atom stereocenters. The van der Waals surface area contributed by atoms with Crippen LogP contribution in [-0.2, 0) is 22.4 Å². The molecule has 0 N–H and O–H groups in total. The highest BCUT2D eigenvalue weighted by Crippen LogP contribution is 2.39. The average Bonchev–Trinajstić information content (AvgIpc) is 3.29. The Morgan fingerprint density at radius 2 is 1.66 bits per heavy atom. The normalized spacial score (nSPS) is 19.5. The second-order valence-electron chi connectivity index (χ2n) is 11.3. The second-order valence-corrected chi connectivity index (χ2v) is 11.3. The zero-order valence-electron chi connectivity index (χ0n) is 23.4. The second kappa shape index (κ2) is 14.7. The molecule has 1 aromatic rings. The van der Waals surface area contributed by atoms with Crippen LogP contribution in [0.3, 0.4) is 0 Å². The predicted molar refractivity (Wildman–Crippen MR) is 146 cm³/mol. The van der Waals surface area contributed by atoms with E-state index < -0.39 is 0 Å². The molecule has 0 bridgehead atoms. The summed E-state index contributed by atoms with van der Waals surface area (Å²) in [7, 11) is 0. The number of ketones is 3. The van der Waals surface area contributed by atoms with Gasteiger partial charge in [-0.3, -0.25) is 14.4 Å². The number of benzene rings is 1. The summed E-state index contributed by atoms with van der Waals surface area (Å²) in [6.07, 6.45) is 13.0. The molecule has 3 nitrogen and oxygen atoms in total. The molecule has 1 saturated carbocycles. The molecule has 3 heteroatoms. The summed E-state index contributed by atoms with van der Waals surface area (Å²) in [6.45, 7) is 12.1. The fourth-order valence-electron chi connectivity index (χ4n) is 6.52. The lowest BCUT2D eigenvalue weighted by molar-refractivity contribution is -0.129. The summed E-state index contributed by atoms with van der Waals surface area (Å²) in [5.74, 6) is 1.61. The maximum atomic E-state index is 13.3. The van der Waals surface area contributed by atoms with Crippen LogP contribution in [0.4, 0.5) is 0 Å². The van der Waals surface area contributed by atoms with Crippen LogP contribution in [0.15, 0.2) is 12.1 Å². The smallest absolute Gasteiger partial charge is 0.163 e. The van der Waals surface area contributed by atoms with Crippen molar-refractivity contribution in [1.82, 2.24) is 0 Å². The summed E-state index contributed by atoms with van der Waals surface area (Å²) in [4.78, 5) is 37.6. The van der Waals surface area contributed by atoms with Gasteiger partial charge < -0.3 is 0 Å². The van der Waals surface area contributed by atoms with Gasteiger partial charge in [0.15, 0.2) is 5.78 Å². The van der Waals surface area contributed by atoms with E-state index in [9.17, 15) is 14.4 Å². The Labute approximate surface area is 214 Å². The molecule has 0 radical (unpaired) electrons.